The third kappa shape index (κ3) is 2.36. The summed E-state index contributed by atoms with van der Waals surface area (Å²) in [5.74, 6) is 0.480. The molecule has 6 nitrogen and oxygen atoms in total. The standard InChI is InChI=1S/C11H16N4O2/c1-2-14(9-5-7-12-8-9)11-10(15(16)17)4-3-6-13-11/h3-4,6,9,12H,2,5,7-8H2,1H3. The Balaban J connectivity index is 2.32. The molecule has 2 heterocycles. The van der Waals surface area contributed by atoms with Crippen LogP contribution in [0.25, 0.3) is 0 Å². The Kier molecular flexibility index (Phi) is 3.53. The summed E-state index contributed by atoms with van der Waals surface area (Å²) in [6.45, 7) is 4.55. The van der Waals surface area contributed by atoms with Gasteiger partial charge in [0, 0.05) is 31.4 Å². The van der Waals surface area contributed by atoms with E-state index in [1.807, 2.05) is 11.8 Å². The molecule has 1 aromatic heterocycles. The summed E-state index contributed by atoms with van der Waals surface area (Å²) in [5, 5.41) is 14.2. The Labute approximate surface area is 99.8 Å². The van der Waals surface area contributed by atoms with E-state index in [1.165, 1.54) is 6.07 Å². The minimum atomic E-state index is -0.368. The van der Waals surface area contributed by atoms with Gasteiger partial charge in [-0.15, -0.1) is 0 Å². The van der Waals surface area contributed by atoms with E-state index in [1.54, 1.807) is 12.3 Å². The van der Waals surface area contributed by atoms with Crippen LogP contribution >= 0.6 is 0 Å². The first-order valence-corrected chi connectivity index (χ1v) is 5.80. The zero-order chi connectivity index (χ0) is 12.3. The minimum Gasteiger partial charge on any atom is -0.347 e. The summed E-state index contributed by atoms with van der Waals surface area (Å²) < 4.78 is 0. The molecule has 1 fully saturated rings. The number of likely N-dealkylation sites (N-methyl/N-ethyl adjacent to an activating group) is 1. The molecule has 1 aliphatic heterocycles. The maximum Gasteiger partial charge on any atom is 0.311 e. The Hall–Kier alpha value is -1.69. The van der Waals surface area contributed by atoms with Crippen LogP contribution in [-0.2, 0) is 0 Å². The Morgan fingerprint density at radius 3 is 3.12 bits per heavy atom. The molecule has 0 amide bonds. The van der Waals surface area contributed by atoms with Gasteiger partial charge in [0.1, 0.15) is 0 Å². The second-order valence-electron chi connectivity index (χ2n) is 4.04. The van der Waals surface area contributed by atoms with Crippen molar-refractivity contribution in [3.8, 4) is 0 Å². The van der Waals surface area contributed by atoms with Crippen LogP contribution in [0.3, 0.4) is 0 Å². The van der Waals surface area contributed by atoms with Gasteiger partial charge in [0.05, 0.1) is 4.92 Å². The van der Waals surface area contributed by atoms with E-state index >= 15 is 0 Å². The van der Waals surface area contributed by atoms with Crippen molar-refractivity contribution in [3.05, 3.63) is 28.4 Å². The Morgan fingerprint density at radius 2 is 2.53 bits per heavy atom. The average Bonchev–Trinajstić information content (AvgIpc) is 2.84. The van der Waals surface area contributed by atoms with E-state index in [4.69, 9.17) is 0 Å². The van der Waals surface area contributed by atoms with Crippen LogP contribution in [-0.4, -0.2) is 35.6 Å². The molecule has 0 bridgehead atoms. The maximum absolute atomic E-state index is 11.0. The molecule has 2 rings (SSSR count). The molecule has 1 saturated heterocycles. The van der Waals surface area contributed by atoms with Crippen molar-refractivity contribution < 1.29 is 4.92 Å². The van der Waals surface area contributed by atoms with Crippen molar-refractivity contribution in [1.82, 2.24) is 10.3 Å². The number of hydrogen-bond donors (Lipinski definition) is 1. The number of nitro groups is 1. The number of nitrogens with one attached hydrogen (secondary N) is 1. The zero-order valence-corrected chi connectivity index (χ0v) is 9.80. The van der Waals surface area contributed by atoms with Crippen LogP contribution in [0.1, 0.15) is 13.3 Å². The predicted molar refractivity (Wildman–Crippen MR) is 65.2 cm³/mol. The molecular weight excluding hydrogens is 220 g/mol. The van der Waals surface area contributed by atoms with Gasteiger partial charge in [-0.25, -0.2) is 4.98 Å². The second kappa shape index (κ2) is 5.09. The minimum absolute atomic E-state index is 0.0845. The van der Waals surface area contributed by atoms with E-state index < -0.39 is 0 Å². The van der Waals surface area contributed by atoms with E-state index in [0.29, 0.717) is 11.9 Å². The molecule has 0 spiro atoms. The lowest BCUT2D eigenvalue weighted by molar-refractivity contribution is -0.384. The Morgan fingerprint density at radius 1 is 1.71 bits per heavy atom. The summed E-state index contributed by atoms with van der Waals surface area (Å²) >= 11 is 0. The molecule has 6 heteroatoms. The van der Waals surface area contributed by atoms with Gasteiger partial charge in [0.2, 0.25) is 5.82 Å². The highest BCUT2D eigenvalue weighted by Gasteiger charge is 2.27. The van der Waals surface area contributed by atoms with Crippen LogP contribution in [0.2, 0.25) is 0 Å². The van der Waals surface area contributed by atoms with Crippen molar-refractivity contribution in [2.45, 2.75) is 19.4 Å². The predicted octanol–water partition coefficient (Wildman–Crippen LogP) is 1.18. The highest BCUT2D eigenvalue weighted by molar-refractivity contribution is 5.58. The Bertz CT molecular complexity index is 404. The molecular formula is C11H16N4O2. The number of aromatic nitrogens is 1. The topological polar surface area (TPSA) is 71.3 Å². The summed E-state index contributed by atoms with van der Waals surface area (Å²) in [4.78, 5) is 16.8. The van der Waals surface area contributed by atoms with Gasteiger partial charge < -0.3 is 10.2 Å². The molecule has 0 aromatic carbocycles. The first-order valence-electron chi connectivity index (χ1n) is 5.80. The van der Waals surface area contributed by atoms with Crippen LogP contribution in [0.5, 0.6) is 0 Å². The van der Waals surface area contributed by atoms with E-state index in [2.05, 4.69) is 10.3 Å². The summed E-state index contributed by atoms with van der Waals surface area (Å²) in [5.41, 5.74) is 0.0845. The van der Waals surface area contributed by atoms with Gasteiger partial charge in [-0.1, -0.05) is 0 Å². The monoisotopic (exact) mass is 236 g/mol. The maximum atomic E-state index is 11.0. The van der Waals surface area contributed by atoms with Gasteiger partial charge in [-0.05, 0) is 26.0 Å². The molecule has 92 valence electrons. The smallest absolute Gasteiger partial charge is 0.311 e. The summed E-state index contributed by atoms with van der Waals surface area (Å²) in [6, 6.07) is 3.41. The lowest BCUT2D eigenvalue weighted by Crippen LogP contribution is -2.37. The van der Waals surface area contributed by atoms with Crippen LogP contribution in [0.4, 0.5) is 11.5 Å². The molecule has 1 aromatic rings. The molecule has 0 saturated carbocycles. The van der Waals surface area contributed by atoms with E-state index in [-0.39, 0.29) is 10.6 Å². The fourth-order valence-corrected chi connectivity index (χ4v) is 2.24. The summed E-state index contributed by atoms with van der Waals surface area (Å²) in [6.07, 6.45) is 2.61. The number of rotatable bonds is 4. The third-order valence-corrected chi connectivity index (χ3v) is 3.05. The fraction of sp³-hybridized carbons (Fsp3) is 0.545. The molecule has 1 atom stereocenters. The van der Waals surface area contributed by atoms with Crippen molar-refractivity contribution in [2.75, 3.05) is 24.5 Å². The summed E-state index contributed by atoms with van der Waals surface area (Å²) in [7, 11) is 0. The van der Waals surface area contributed by atoms with Crippen LogP contribution < -0.4 is 10.2 Å². The molecule has 1 unspecified atom stereocenters. The van der Waals surface area contributed by atoms with E-state index in [0.717, 1.165) is 26.1 Å². The average molecular weight is 236 g/mol. The zero-order valence-electron chi connectivity index (χ0n) is 9.80. The second-order valence-corrected chi connectivity index (χ2v) is 4.04. The molecule has 1 aliphatic rings. The fourth-order valence-electron chi connectivity index (χ4n) is 2.24. The van der Waals surface area contributed by atoms with Gasteiger partial charge >= 0.3 is 5.69 Å². The van der Waals surface area contributed by atoms with Crippen LogP contribution in [0.15, 0.2) is 18.3 Å². The van der Waals surface area contributed by atoms with Crippen molar-refractivity contribution in [2.24, 2.45) is 0 Å². The lowest BCUT2D eigenvalue weighted by Gasteiger charge is -2.27. The highest BCUT2D eigenvalue weighted by Crippen LogP contribution is 2.27. The van der Waals surface area contributed by atoms with Gasteiger partial charge in [-0.2, -0.15) is 0 Å². The SMILES string of the molecule is CCN(c1ncccc1[N+](=O)[O-])C1CCNC1. The molecule has 17 heavy (non-hydrogen) atoms. The van der Waals surface area contributed by atoms with Gasteiger partial charge in [-0.3, -0.25) is 10.1 Å². The highest BCUT2D eigenvalue weighted by atomic mass is 16.6. The molecule has 0 radical (unpaired) electrons. The van der Waals surface area contributed by atoms with Crippen molar-refractivity contribution in [1.29, 1.82) is 0 Å². The normalized spacial score (nSPS) is 19.2. The number of pyridine rings is 1. The molecule has 1 N–H and O–H groups in total. The lowest BCUT2D eigenvalue weighted by atomic mass is 10.2. The van der Waals surface area contributed by atoms with Crippen LogP contribution in [0, 0.1) is 10.1 Å². The van der Waals surface area contributed by atoms with E-state index in [9.17, 15) is 10.1 Å². The van der Waals surface area contributed by atoms with Gasteiger partial charge in [0.25, 0.3) is 0 Å². The number of anilines is 1. The largest absolute Gasteiger partial charge is 0.347 e. The number of hydrogen-bond acceptors (Lipinski definition) is 5. The van der Waals surface area contributed by atoms with Gasteiger partial charge in [0.15, 0.2) is 0 Å². The van der Waals surface area contributed by atoms with Crippen molar-refractivity contribution >= 4 is 11.5 Å². The number of nitrogens with zero attached hydrogens (tertiary/aromatic N) is 3. The molecule has 0 aliphatic carbocycles. The first kappa shape index (κ1) is 11.8. The third-order valence-electron chi connectivity index (χ3n) is 3.05. The quantitative estimate of drug-likeness (QED) is 0.627. The first-order chi connectivity index (χ1) is 8.24. The van der Waals surface area contributed by atoms with Crippen molar-refractivity contribution in [3.63, 3.8) is 0 Å².